The van der Waals surface area contributed by atoms with Crippen molar-refractivity contribution in [2.75, 3.05) is 0 Å². The SMILES string of the molecule is Cc1cc(Oc2cncc(CC(C)N)c2)ccc1F. The summed E-state index contributed by atoms with van der Waals surface area (Å²) >= 11 is 0. The van der Waals surface area contributed by atoms with Crippen LogP contribution in [0.15, 0.2) is 36.7 Å². The van der Waals surface area contributed by atoms with E-state index in [2.05, 4.69) is 4.98 Å². The average molecular weight is 260 g/mol. The summed E-state index contributed by atoms with van der Waals surface area (Å²) in [6.45, 7) is 3.64. The van der Waals surface area contributed by atoms with Crippen LogP contribution in [0.3, 0.4) is 0 Å². The molecule has 0 aliphatic heterocycles. The van der Waals surface area contributed by atoms with Gasteiger partial charge in [-0.2, -0.15) is 0 Å². The smallest absolute Gasteiger partial charge is 0.145 e. The zero-order valence-corrected chi connectivity index (χ0v) is 11.1. The predicted molar refractivity (Wildman–Crippen MR) is 72.8 cm³/mol. The molecule has 1 unspecified atom stereocenters. The van der Waals surface area contributed by atoms with E-state index in [1.54, 1.807) is 31.5 Å². The van der Waals surface area contributed by atoms with Crippen LogP contribution in [0.5, 0.6) is 11.5 Å². The van der Waals surface area contributed by atoms with Crippen LogP contribution in [-0.2, 0) is 6.42 Å². The van der Waals surface area contributed by atoms with E-state index in [9.17, 15) is 4.39 Å². The highest BCUT2D eigenvalue weighted by Gasteiger charge is 2.04. The molecule has 0 radical (unpaired) electrons. The van der Waals surface area contributed by atoms with Crippen LogP contribution in [0.4, 0.5) is 4.39 Å². The minimum absolute atomic E-state index is 0.0742. The van der Waals surface area contributed by atoms with Crippen molar-refractivity contribution in [3.63, 3.8) is 0 Å². The standard InChI is InChI=1S/C15H17FN2O/c1-10-5-13(3-4-15(10)16)19-14-7-12(6-11(2)17)8-18-9-14/h3-5,7-9,11H,6,17H2,1-2H3. The van der Waals surface area contributed by atoms with Crippen molar-refractivity contribution in [3.05, 3.63) is 53.6 Å². The lowest BCUT2D eigenvalue weighted by Crippen LogP contribution is -2.17. The van der Waals surface area contributed by atoms with Crippen LogP contribution >= 0.6 is 0 Å². The highest BCUT2D eigenvalue weighted by Crippen LogP contribution is 2.23. The third-order valence-electron chi connectivity index (χ3n) is 2.69. The number of halogens is 1. The van der Waals surface area contributed by atoms with Gasteiger partial charge in [0.15, 0.2) is 0 Å². The first-order valence-corrected chi connectivity index (χ1v) is 6.18. The molecular formula is C15H17FN2O. The van der Waals surface area contributed by atoms with Gasteiger partial charge in [-0.15, -0.1) is 0 Å². The Kier molecular flexibility index (Phi) is 4.12. The molecule has 1 atom stereocenters. The molecule has 0 fully saturated rings. The number of nitrogens with two attached hydrogens (primary N) is 1. The van der Waals surface area contributed by atoms with Crippen LogP contribution in [0.1, 0.15) is 18.1 Å². The number of hydrogen-bond donors (Lipinski definition) is 1. The lowest BCUT2D eigenvalue weighted by atomic mass is 10.1. The summed E-state index contributed by atoms with van der Waals surface area (Å²) in [7, 11) is 0. The minimum atomic E-state index is -0.240. The molecule has 2 aromatic rings. The molecule has 2 rings (SSSR count). The first-order chi connectivity index (χ1) is 9.04. The molecule has 0 amide bonds. The molecule has 0 spiro atoms. The third-order valence-corrected chi connectivity index (χ3v) is 2.69. The summed E-state index contributed by atoms with van der Waals surface area (Å²) in [6.07, 6.45) is 4.14. The molecule has 19 heavy (non-hydrogen) atoms. The molecule has 1 heterocycles. The molecule has 0 saturated heterocycles. The van der Waals surface area contributed by atoms with Gasteiger partial charge in [0.1, 0.15) is 17.3 Å². The average Bonchev–Trinajstić information content (AvgIpc) is 2.33. The second-order valence-electron chi connectivity index (χ2n) is 4.72. The van der Waals surface area contributed by atoms with E-state index in [1.807, 2.05) is 13.0 Å². The Morgan fingerprint density at radius 2 is 2.05 bits per heavy atom. The fourth-order valence-electron chi connectivity index (χ4n) is 1.82. The fraction of sp³-hybridized carbons (Fsp3) is 0.267. The number of ether oxygens (including phenoxy) is 1. The van der Waals surface area contributed by atoms with Gasteiger partial charge >= 0.3 is 0 Å². The Morgan fingerprint density at radius 3 is 2.74 bits per heavy atom. The van der Waals surface area contributed by atoms with Gasteiger partial charge in [0.2, 0.25) is 0 Å². The molecule has 4 heteroatoms. The molecule has 0 aliphatic carbocycles. The Hall–Kier alpha value is -1.94. The maximum atomic E-state index is 13.2. The normalized spacial score (nSPS) is 12.2. The number of aryl methyl sites for hydroxylation is 1. The van der Waals surface area contributed by atoms with Crippen molar-refractivity contribution in [2.24, 2.45) is 5.73 Å². The van der Waals surface area contributed by atoms with Crippen molar-refractivity contribution >= 4 is 0 Å². The van der Waals surface area contributed by atoms with Gasteiger partial charge in [-0.05, 0) is 55.7 Å². The van der Waals surface area contributed by atoms with Gasteiger partial charge in [-0.3, -0.25) is 4.98 Å². The summed E-state index contributed by atoms with van der Waals surface area (Å²) in [5.41, 5.74) is 7.33. The number of aromatic nitrogens is 1. The van der Waals surface area contributed by atoms with Crippen molar-refractivity contribution in [3.8, 4) is 11.5 Å². The zero-order valence-electron chi connectivity index (χ0n) is 11.1. The van der Waals surface area contributed by atoms with Gasteiger partial charge < -0.3 is 10.5 Å². The number of hydrogen-bond acceptors (Lipinski definition) is 3. The van der Waals surface area contributed by atoms with E-state index in [-0.39, 0.29) is 11.9 Å². The minimum Gasteiger partial charge on any atom is -0.456 e. The Labute approximate surface area is 112 Å². The summed E-state index contributed by atoms with van der Waals surface area (Å²) in [6, 6.07) is 6.62. The number of nitrogens with zero attached hydrogens (tertiary/aromatic N) is 1. The van der Waals surface area contributed by atoms with Crippen LogP contribution < -0.4 is 10.5 Å². The molecule has 2 N–H and O–H groups in total. The van der Waals surface area contributed by atoms with Crippen LogP contribution in [-0.4, -0.2) is 11.0 Å². The molecule has 3 nitrogen and oxygen atoms in total. The molecule has 1 aromatic carbocycles. The Morgan fingerprint density at radius 1 is 1.26 bits per heavy atom. The lowest BCUT2D eigenvalue weighted by Gasteiger charge is -2.09. The Balaban J connectivity index is 2.16. The third kappa shape index (κ3) is 3.76. The van der Waals surface area contributed by atoms with Crippen LogP contribution in [0.25, 0.3) is 0 Å². The number of pyridine rings is 1. The second kappa shape index (κ2) is 5.80. The Bertz CT molecular complexity index is 570. The quantitative estimate of drug-likeness (QED) is 0.918. The van der Waals surface area contributed by atoms with E-state index >= 15 is 0 Å². The van der Waals surface area contributed by atoms with E-state index < -0.39 is 0 Å². The van der Waals surface area contributed by atoms with Crippen LogP contribution in [0.2, 0.25) is 0 Å². The second-order valence-corrected chi connectivity index (χ2v) is 4.72. The monoisotopic (exact) mass is 260 g/mol. The topological polar surface area (TPSA) is 48.1 Å². The van der Waals surface area contributed by atoms with Crippen LogP contribution in [0, 0.1) is 12.7 Å². The number of benzene rings is 1. The predicted octanol–water partition coefficient (Wildman–Crippen LogP) is 3.21. The molecule has 100 valence electrons. The highest BCUT2D eigenvalue weighted by atomic mass is 19.1. The maximum Gasteiger partial charge on any atom is 0.145 e. The van der Waals surface area contributed by atoms with Gasteiger partial charge in [0, 0.05) is 12.2 Å². The molecule has 0 aliphatic rings. The van der Waals surface area contributed by atoms with Crippen molar-refractivity contribution in [1.82, 2.24) is 4.98 Å². The zero-order chi connectivity index (χ0) is 13.8. The van der Waals surface area contributed by atoms with Crippen molar-refractivity contribution < 1.29 is 9.13 Å². The molecule has 0 saturated carbocycles. The highest BCUT2D eigenvalue weighted by molar-refractivity contribution is 5.34. The number of rotatable bonds is 4. The van der Waals surface area contributed by atoms with Gasteiger partial charge in [0.05, 0.1) is 6.20 Å². The summed E-state index contributed by atoms with van der Waals surface area (Å²) in [5.74, 6) is 0.985. The van der Waals surface area contributed by atoms with E-state index in [0.717, 1.165) is 12.0 Å². The molecule has 1 aromatic heterocycles. The maximum absolute atomic E-state index is 13.2. The molecular weight excluding hydrogens is 243 g/mol. The summed E-state index contributed by atoms with van der Waals surface area (Å²) in [4.78, 5) is 4.12. The first-order valence-electron chi connectivity index (χ1n) is 6.18. The van der Waals surface area contributed by atoms with E-state index in [1.165, 1.54) is 6.07 Å². The van der Waals surface area contributed by atoms with Crippen molar-refractivity contribution in [1.29, 1.82) is 0 Å². The van der Waals surface area contributed by atoms with Crippen molar-refractivity contribution in [2.45, 2.75) is 26.3 Å². The summed E-state index contributed by atoms with van der Waals surface area (Å²) in [5, 5.41) is 0. The van der Waals surface area contributed by atoms with E-state index in [4.69, 9.17) is 10.5 Å². The van der Waals surface area contributed by atoms with E-state index in [0.29, 0.717) is 17.1 Å². The largest absolute Gasteiger partial charge is 0.456 e. The van der Waals surface area contributed by atoms with Gasteiger partial charge in [-0.25, -0.2) is 4.39 Å². The van der Waals surface area contributed by atoms with Gasteiger partial charge in [0.25, 0.3) is 0 Å². The molecule has 0 bridgehead atoms. The lowest BCUT2D eigenvalue weighted by molar-refractivity contribution is 0.476. The first kappa shape index (κ1) is 13.5. The van der Waals surface area contributed by atoms with Gasteiger partial charge in [-0.1, -0.05) is 0 Å². The fourth-order valence-corrected chi connectivity index (χ4v) is 1.82. The summed E-state index contributed by atoms with van der Waals surface area (Å²) < 4.78 is 18.8.